The van der Waals surface area contributed by atoms with Gasteiger partial charge in [0.2, 0.25) is 0 Å². The fourth-order valence-electron chi connectivity index (χ4n) is 3.08. The number of hydrogen-bond donors (Lipinski definition) is 4. The molecule has 1 saturated heterocycles. The summed E-state index contributed by atoms with van der Waals surface area (Å²) in [5.41, 5.74) is 0.127. The summed E-state index contributed by atoms with van der Waals surface area (Å²) in [4.78, 5) is 48.0. The van der Waals surface area contributed by atoms with Crippen molar-refractivity contribution in [2.75, 3.05) is 6.54 Å². The molecule has 1 aliphatic rings. The molecule has 0 aliphatic carbocycles. The van der Waals surface area contributed by atoms with Gasteiger partial charge in [-0.2, -0.15) is 0 Å². The number of nitrogens with zero attached hydrogens (tertiary/aromatic N) is 1. The Balaban J connectivity index is 1.63. The zero-order valence-electron chi connectivity index (χ0n) is 16.5. The first-order valence-electron chi connectivity index (χ1n) is 9.24. The topological polar surface area (TPSA) is 149 Å². The molecule has 0 radical (unpaired) electrons. The zero-order valence-corrected chi connectivity index (χ0v) is 16.5. The summed E-state index contributed by atoms with van der Waals surface area (Å²) in [5.74, 6) is -2.20. The minimum Gasteiger partial charge on any atom is -0.480 e. The van der Waals surface area contributed by atoms with Crippen molar-refractivity contribution in [3.05, 3.63) is 71.3 Å². The first kappa shape index (κ1) is 21.5. The molecular formula is C21H20N4O6. The Morgan fingerprint density at radius 2 is 1.77 bits per heavy atom. The first-order valence-corrected chi connectivity index (χ1v) is 9.24. The number of imide groups is 1. The minimum absolute atomic E-state index is 0.0614. The number of rotatable bonds is 6. The lowest BCUT2D eigenvalue weighted by molar-refractivity contribution is -0.142. The maximum absolute atomic E-state index is 12.6. The van der Waals surface area contributed by atoms with Gasteiger partial charge in [-0.1, -0.05) is 54.6 Å². The van der Waals surface area contributed by atoms with Crippen LogP contribution in [-0.2, 0) is 26.5 Å². The Morgan fingerprint density at radius 1 is 1.13 bits per heavy atom. The van der Waals surface area contributed by atoms with E-state index >= 15 is 0 Å². The summed E-state index contributed by atoms with van der Waals surface area (Å²) in [6.07, 6.45) is -0.785. The molecule has 4 amide bonds. The number of carboxylic acids is 1. The third kappa shape index (κ3) is 4.69. The number of nitrogens with one attached hydrogen (secondary N) is 3. The Bertz CT molecular complexity index is 1040. The lowest BCUT2D eigenvalue weighted by atomic mass is 9.91. The molecule has 2 aromatic rings. The van der Waals surface area contributed by atoms with Crippen LogP contribution < -0.4 is 10.6 Å². The molecule has 1 aliphatic heterocycles. The SMILES string of the molecule is C[C@]1(c2ccc(C(=N)NC(=O)OCc3ccccc3)cc2)NC(=O)N(CC(=O)O)C1=O. The Labute approximate surface area is 177 Å². The van der Waals surface area contributed by atoms with Gasteiger partial charge in [0.05, 0.1) is 0 Å². The van der Waals surface area contributed by atoms with E-state index < -0.39 is 36.1 Å². The molecule has 0 aromatic heterocycles. The van der Waals surface area contributed by atoms with E-state index in [4.69, 9.17) is 15.3 Å². The Hall–Kier alpha value is -4.21. The van der Waals surface area contributed by atoms with Crippen LogP contribution in [0.15, 0.2) is 54.6 Å². The Morgan fingerprint density at radius 3 is 2.39 bits per heavy atom. The third-order valence-electron chi connectivity index (χ3n) is 4.76. The van der Waals surface area contributed by atoms with Gasteiger partial charge in [-0.25, -0.2) is 9.59 Å². The molecule has 4 N–H and O–H groups in total. The summed E-state index contributed by atoms with van der Waals surface area (Å²) in [6.45, 7) is 0.790. The van der Waals surface area contributed by atoms with Crippen molar-refractivity contribution >= 4 is 29.8 Å². The first-order chi connectivity index (χ1) is 14.7. The monoisotopic (exact) mass is 424 g/mol. The fourth-order valence-corrected chi connectivity index (χ4v) is 3.08. The number of amidine groups is 1. The lowest BCUT2D eigenvalue weighted by Crippen LogP contribution is -2.41. The zero-order chi connectivity index (χ0) is 22.6. The number of alkyl carbamates (subject to hydrolysis) is 1. The minimum atomic E-state index is -1.44. The van der Waals surface area contributed by atoms with E-state index in [0.29, 0.717) is 16.0 Å². The number of urea groups is 1. The van der Waals surface area contributed by atoms with Crippen LogP contribution in [0.25, 0.3) is 0 Å². The molecule has 31 heavy (non-hydrogen) atoms. The van der Waals surface area contributed by atoms with Crippen LogP contribution in [0.3, 0.4) is 0 Å². The van der Waals surface area contributed by atoms with Crippen LogP contribution in [0.1, 0.15) is 23.6 Å². The van der Waals surface area contributed by atoms with Crippen molar-refractivity contribution in [2.24, 2.45) is 0 Å². The quantitative estimate of drug-likeness (QED) is 0.316. The average Bonchev–Trinajstić information content (AvgIpc) is 2.96. The highest BCUT2D eigenvalue weighted by Crippen LogP contribution is 2.28. The van der Waals surface area contributed by atoms with Gasteiger partial charge in [0, 0.05) is 5.56 Å². The second-order valence-corrected chi connectivity index (χ2v) is 6.98. The molecule has 10 heteroatoms. The molecule has 2 aromatic carbocycles. The molecular weight excluding hydrogens is 404 g/mol. The molecule has 0 unspecified atom stereocenters. The van der Waals surface area contributed by atoms with Crippen LogP contribution in [0.5, 0.6) is 0 Å². The van der Waals surface area contributed by atoms with Gasteiger partial charge in [-0.15, -0.1) is 0 Å². The van der Waals surface area contributed by atoms with Gasteiger partial charge < -0.3 is 15.2 Å². The third-order valence-corrected chi connectivity index (χ3v) is 4.76. The van der Waals surface area contributed by atoms with Crippen molar-refractivity contribution in [3.8, 4) is 0 Å². The Kier molecular flexibility index (Phi) is 6.00. The summed E-state index contributed by atoms with van der Waals surface area (Å²) in [7, 11) is 0. The molecule has 160 valence electrons. The van der Waals surface area contributed by atoms with Crippen molar-refractivity contribution in [2.45, 2.75) is 19.1 Å². The van der Waals surface area contributed by atoms with Crippen LogP contribution in [0.4, 0.5) is 9.59 Å². The van der Waals surface area contributed by atoms with Gasteiger partial charge in [-0.3, -0.25) is 25.2 Å². The van der Waals surface area contributed by atoms with E-state index in [9.17, 15) is 19.2 Å². The summed E-state index contributed by atoms with van der Waals surface area (Å²) in [5, 5.41) is 21.7. The van der Waals surface area contributed by atoms with Gasteiger partial charge in [0.25, 0.3) is 5.91 Å². The predicted molar refractivity (Wildman–Crippen MR) is 108 cm³/mol. The van der Waals surface area contributed by atoms with E-state index in [2.05, 4.69) is 10.6 Å². The van der Waals surface area contributed by atoms with Crippen molar-refractivity contribution in [3.63, 3.8) is 0 Å². The van der Waals surface area contributed by atoms with Gasteiger partial charge in [0.15, 0.2) is 0 Å². The number of ether oxygens (including phenoxy) is 1. The van der Waals surface area contributed by atoms with Crippen molar-refractivity contribution in [1.82, 2.24) is 15.5 Å². The molecule has 0 bridgehead atoms. The highest BCUT2D eigenvalue weighted by atomic mass is 16.5. The van der Waals surface area contributed by atoms with E-state index in [-0.39, 0.29) is 12.4 Å². The standard InChI is InChI=1S/C21H20N4O6/c1-21(18(28)25(11-16(26)27)19(29)24-21)15-9-7-14(8-10-15)17(22)23-20(30)31-12-13-5-3-2-4-6-13/h2-10H,11-12H2,1H3,(H,24,29)(H,26,27)(H2,22,23,30)/t21-/m1/s1. The molecule has 0 saturated carbocycles. The van der Waals surface area contributed by atoms with E-state index in [1.165, 1.54) is 31.2 Å². The van der Waals surface area contributed by atoms with Crippen LogP contribution >= 0.6 is 0 Å². The lowest BCUT2D eigenvalue weighted by Gasteiger charge is -2.22. The molecule has 1 heterocycles. The summed E-state index contributed by atoms with van der Waals surface area (Å²) in [6, 6.07) is 14.3. The number of carbonyl (C=O) groups excluding carboxylic acids is 3. The van der Waals surface area contributed by atoms with Crippen molar-refractivity contribution < 1.29 is 29.0 Å². The number of aliphatic carboxylic acids is 1. The number of carbonyl (C=O) groups is 4. The van der Waals surface area contributed by atoms with Gasteiger partial charge in [0.1, 0.15) is 24.5 Å². The number of benzene rings is 2. The van der Waals surface area contributed by atoms with E-state index in [0.717, 1.165) is 5.56 Å². The molecule has 10 nitrogen and oxygen atoms in total. The van der Waals surface area contributed by atoms with Gasteiger partial charge >= 0.3 is 18.1 Å². The fraction of sp³-hybridized carbons (Fsp3) is 0.190. The second-order valence-electron chi connectivity index (χ2n) is 6.98. The molecule has 0 spiro atoms. The van der Waals surface area contributed by atoms with Crippen LogP contribution in [0, 0.1) is 5.41 Å². The molecule has 1 fully saturated rings. The average molecular weight is 424 g/mol. The maximum Gasteiger partial charge on any atom is 0.413 e. The number of carboxylic acid groups (broad SMARTS) is 1. The summed E-state index contributed by atoms with van der Waals surface area (Å²) >= 11 is 0. The summed E-state index contributed by atoms with van der Waals surface area (Å²) < 4.78 is 5.07. The van der Waals surface area contributed by atoms with E-state index in [1.54, 1.807) is 12.1 Å². The van der Waals surface area contributed by atoms with Gasteiger partial charge in [-0.05, 0) is 18.1 Å². The second kappa shape index (κ2) is 8.66. The molecule has 3 rings (SSSR count). The highest BCUT2D eigenvalue weighted by Gasteiger charge is 2.49. The normalized spacial score (nSPS) is 17.8. The largest absolute Gasteiger partial charge is 0.480 e. The smallest absolute Gasteiger partial charge is 0.413 e. The maximum atomic E-state index is 12.6. The van der Waals surface area contributed by atoms with E-state index in [1.807, 2.05) is 18.2 Å². The van der Waals surface area contributed by atoms with Crippen LogP contribution in [-0.4, -0.2) is 46.4 Å². The predicted octanol–water partition coefficient (Wildman–Crippen LogP) is 1.79. The highest BCUT2D eigenvalue weighted by molar-refractivity contribution is 6.09. The number of hydrogen-bond acceptors (Lipinski definition) is 6. The number of amides is 4. The van der Waals surface area contributed by atoms with Crippen molar-refractivity contribution in [1.29, 1.82) is 5.41 Å². The van der Waals surface area contributed by atoms with Crippen LogP contribution in [0.2, 0.25) is 0 Å². The molecule has 1 atom stereocenters.